The Hall–Kier alpha value is -1.82. The molecule has 3 nitrogen and oxygen atoms in total. The van der Waals surface area contributed by atoms with Crippen LogP contribution < -0.4 is 0 Å². The molecule has 72 valence electrons. The SMILES string of the molecule is CC(=O)OCc1ccc(CC#N)cc1. The zero-order valence-electron chi connectivity index (χ0n) is 7.99. The predicted molar refractivity (Wildman–Crippen MR) is 51.2 cm³/mol. The molecule has 0 amide bonds. The average molecular weight is 189 g/mol. The van der Waals surface area contributed by atoms with Gasteiger partial charge in [0.05, 0.1) is 12.5 Å². The van der Waals surface area contributed by atoms with Crippen molar-refractivity contribution in [3.05, 3.63) is 35.4 Å². The maximum absolute atomic E-state index is 10.5. The molecule has 0 bridgehead atoms. The predicted octanol–water partition coefficient (Wildman–Crippen LogP) is 1.82. The summed E-state index contributed by atoms with van der Waals surface area (Å²) in [5, 5.41) is 8.45. The van der Waals surface area contributed by atoms with Crippen molar-refractivity contribution in [2.24, 2.45) is 0 Å². The third kappa shape index (κ3) is 3.28. The number of nitrogens with zero attached hydrogens (tertiary/aromatic N) is 1. The summed E-state index contributed by atoms with van der Waals surface area (Å²) in [4.78, 5) is 10.5. The van der Waals surface area contributed by atoms with E-state index in [-0.39, 0.29) is 5.97 Å². The molecule has 14 heavy (non-hydrogen) atoms. The number of carbonyl (C=O) groups is 1. The number of benzene rings is 1. The summed E-state index contributed by atoms with van der Waals surface area (Å²) in [6.45, 7) is 1.67. The molecular formula is C11H11NO2. The van der Waals surface area contributed by atoms with Crippen molar-refractivity contribution < 1.29 is 9.53 Å². The lowest BCUT2D eigenvalue weighted by atomic mass is 10.1. The van der Waals surface area contributed by atoms with E-state index in [2.05, 4.69) is 6.07 Å². The minimum atomic E-state index is -0.286. The highest BCUT2D eigenvalue weighted by Crippen LogP contribution is 2.06. The van der Waals surface area contributed by atoms with Crippen molar-refractivity contribution >= 4 is 5.97 Å². The van der Waals surface area contributed by atoms with Gasteiger partial charge in [-0.1, -0.05) is 24.3 Å². The van der Waals surface area contributed by atoms with Gasteiger partial charge in [-0.15, -0.1) is 0 Å². The summed E-state index contributed by atoms with van der Waals surface area (Å²) < 4.78 is 4.82. The van der Waals surface area contributed by atoms with E-state index < -0.39 is 0 Å². The molecule has 0 aliphatic rings. The number of esters is 1. The Balaban J connectivity index is 2.56. The van der Waals surface area contributed by atoms with E-state index in [9.17, 15) is 4.79 Å². The Morgan fingerprint density at radius 3 is 2.43 bits per heavy atom. The van der Waals surface area contributed by atoms with Crippen LogP contribution in [0.5, 0.6) is 0 Å². The maximum atomic E-state index is 10.5. The van der Waals surface area contributed by atoms with Gasteiger partial charge in [-0.3, -0.25) is 4.79 Å². The summed E-state index contributed by atoms with van der Waals surface area (Å²) in [6, 6.07) is 9.51. The highest BCUT2D eigenvalue weighted by atomic mass is 16.5. The van der Waals surface area contributed by atoms with Crippen LogP contribution in [0.4, 0.5) is 0 Å². The molecule has 1 aromatic carbocycles. The van der Waals surface area contributed by atoms with Crippen molar-refractivity contribution in [1.82, 2.24) is 0 Å². The number of ether oxygens (including phenoxy) is 1. The number of rotatable bonds is 3. The van der Waals surface area contributed by atoms with Crippen LogP contribution in [0.2, 0.25) is 0 Å². The molecule has 0 saturated heterocycles. The molecule has 0 aliphatic heterocycles. The van der Waals surface area contributed by atoms with Crippen LogP contribution in [0.25, 0.3) is 0 Å². The molecular weight excluding hydrogens is 178 g/mol. The summed E-state index contributed by atoms with van der Waals surface area (Å²) in [7, 11) is 0. The van der Waals surface area contributed by atoms with Crippen LogP contribution in [0.3, 0.4) is 0 Å². The van der Waals surface area contributed by atoms with Crippen molar-refractivity contribution in [2.45, 2.75) is 20.0 Å². The Morgan fingerprint density at radius 1 is 1.36 bits per heavy atom. The van der Waals surface area contributed by atoms with E-state index in [1.54, 1.807) is 0 Å². The van der Waals surface area contributed by atoms with Gasteiger partial charge in [0.1, 0.15) is 6.61 Å². The highest BCUT2D eigenvalue weighted by molar-refractivity contribution is 5.65. The molecule has 0 saturated carbocycles. The first-order chi connectivity index (χ1) is 6.72. The van der Waals surface area contributed by atoms with Crippen LogP contribution in [0.1, 0.15) is 18.1 Å². The third-order valence-corrected chi connectivity index (χ3v) is 1.75. The Morgan fingerprint density at radius 2 is 1.93 bits per heavy atom. The molecule has 0 atom stereocenters. The second kappa shape index (κ2) is 5.03. The second-order valence-corrected chi connectivity index (χ2v) is 2.93. The molecule has 0 aromatic heterocycles. The molecule has 0 N–H and O–H groups in total. The first-order valence-electron chi connectivity index (χ1n) is 4.30. The monoisotopic (exact) mass is 189 g/mol. The van der Waals surface area contributed by atoms with Crippen LogP contribution >= 0.6 is 0 Å². The molecule has 0 radical (unpaired) electrons. The average Bonchev–Trinajstić information content (AvgIpc) is 2.17. The Bertz CT molecular complexity index is 349. The number of hydrogen-bond acceptors (Lipinski definition) is 3. The minimum absolute atomic E-state index is 0.286. The molecule has 0 unspecified atom stereocenters. The maximum Gasteiger partial charge on any atom is 0.302 e. The van der Waals surface area contributed by atoms with E-state index in [0.717, 1.165) is 11.1 Å². The number of hydrogen-bond donors (Lipinski definition) is 0. The fraction of sp³-hybridized carbons (Fsp3) is 0.273. The van der Waals surface area contributed by atoms with Gasteiger partial charge in [-0.05, 0) is 11.1 Å². The van der Waals surface area contributed by atoms with E-state index in [4.69, 9.17) is 10.00 Å². The van der Waals surface area contributed by atoms with Gasteiger partial charge in [-0.2, -0.15) is 5.26 Å². The zero-order chi connectivity index (χ0) is 10.4. The van der Waals surface area contributed by atoms with Gasteiger partial charge in [0.2, 0.25) is 0 Å². The topological polar surface area (TPSA) is 50.1 Å². The molecule has 1 aromatic rings. The Kier molecular flexibility index (Phi) is 3.69. The smallest absolute Gasteiger partial charge is 0.302 e. The lowest BCUT2D eigenvalue weighted by Gasteiger charge is -2.02. The normalized spacial score (nSPS) is 9.14. The molecule has 0 spiro atoms. The molecule has 3 heteroatoms. The van der Waals surface area contributed by atoms with E-state index >= 15 is 0 Å². The molecule has 1 rings (SSSR count). The summed E-state index contributed by atoms with van der Waals surface area (Å²) in [5.74, 6) is -0.286. The number of nitriles is 1. The van der Waals surface area contributed by atoms with Gasteiger partial charge in [0, 0.05) is 6.92 Å². The quantitative estimate of drug-likeness (QED) is 0.681. The van der Waals surface area contributed by atoms with Crippen LogP contribution in [0, 0.1) is 11.3 Å². The van der Waals surface area contributed by atoms with Gasteiger partial charge >= 0.3 is 5.97 Å². The van der Waals surface area contributed by atoms with Crippen molar-refractivity contribution in [1.29, 1.82) is 5.26 Å². The highest BCUT2D eigenvalue weighted by Gasteiger charge is 1.96. The Labute approximate surface area is 82.9 Å². The van der Waals surface area contributed by atoms with E-state index in [1.807, 2.05) is 24.3 Å². The number of carbonyl (C=O) groups excluding carboxylic acids is 1. The lowest BCUT2D eigenvalue weighted by molar-refractivity contribution is -0.142. The molecule has 0 fully saturated rings. The van der Waals surface area contributed by atoms with Gasteiger partial charge in [0.25, 0.3) is 0 Å². The van der Waals surface area contributed by atoms with E-state index in [0.29, 0.717) is 13.0 Å². The largest absolute Gasteiger partial charge is 0.461 e. The van der Waals surface area contributed by atoms with Crippen molar-refractivity contribution in [2.75, 3.05) is 0 Å². The minimum Gasteiger partial charge on any atom is -0.461 e. The second-order valence-electron chi connectivity index (χ2n) is 2.93. The molecule has 0 aliphatic carbocycles. The van der Waals surface area contributed by atoms with Crippen molar-refractivity contribution in [3.8, 4) is 6.07 Å². The molecule has 0 heterocycles. The fourth-order valence-corrected chi connectivity index (χ4v) is 1.03. The first-order valence-corrected chi connectivity index (χ1v) is 4.30. The van der Waals surface area contributed by atoms with E-state index in [1.165, 1.54) is 6.92 Å². The summed E-state index contributed by atoms with van der Waals surface area (Å²) >= 11 is 0. The van der Waals surface area contributed by atoms with Gasteiger partial charge in [-0.25, -0.2) is 0 Å². The standard InChI is InChI=1S/C11H11NO2/c1-9(13)14-8-11-4-2-10(3-5-11)6-7-12/h2-5H,6,8H2,1H3. The first kappa shape index (κ1) is 10.3. The van der Waals surface area contributed by atoms with Crippen LogP contribution in [-0.4, -0.2) is 5.97 Å². The van der Waals surface area contributed by atoms with Crippen LogP contribution in [-0.2, 0) is 22.6 Å². The van der Waals surface area contributed by atoms with Crippen LogP contribution in [0.15, 0.2) is 24.3 Å². The van der Waals surface area contributed by atoms with Gasteiger partial charge < -0.3 is 4.74 Å². The summed E-state index contributed by atoms with van der Waals surface area (Å²) in [6.07, 6.45) is 0.411. The fourth-order valence-electron chi connectivity index (χ4n) is 1.03. The van der Waals surface area contributed by atoms with Crippen molar-refractivity contribution in [3.63, 3.8) is 0 Å². The zero-order valence-corrected chi connectivity index (χ0v) is 7.99. The summed E-state index contributed by atoms with van der Waals surface area (Å²) in [5.41, 5.74) is 1.90. The third-order valence-electron chi connectivity index (χ3n) is 1.75. The lowest BCUT2D eigenvalue weighted by Crippen LogP contribution is -1.98. The van der Waals surface area contributed by atoms with Gasteiger partial charge in [0.15, 0.2) is 0 Å².